The number of methoxy groups -OCH3 is 1. The Morgan fingerprint density at radius 1 is 1.14 bits per heavy atom. The van der Waals surface area contributed by atoms with Gasteiger partial charge < -0.3 is 38.1 Å². The van der Waals surface area contributed by atoms with Crippen LogP contribution in [0.15, 0.2) is 30.4 Å². The maximum atomic E-state index is 14.3. The van der Waals surface area contributed by atoms with Crippen molar-refractivity contribution in [1.29, 1.82) is 0 Å². The van der Waals surface area contributed by atoms with Gasteiger partial charge in [-0.2, -0.15) is 0 Å². The first-order chi connectivity index (χ1) is 23.6. The van der Waals surface area contributed by atoms with E-state index in [1.54, 1.807) is 33.8 Å². The fraction of sp³-hybridized carbons (Fsp3) is 0.784. The number of carbonyl (C=O) groups excluding carboxylic acids is 3. The molecule has 1 aromatic rings. The summed E-state index contributed by atoms with van der Waals surface area (Å²) < 4.78 is 39.8. The molecule has 2 aliphatic rings. The normalized spacial score (nSPS) is 38.2. The SMILES string of the molecule is CC[C@H]1OC(=O)[C@H](C)C(=O)[C@H](C)[C@@H](O[C@@H]2O[C@H](C)C[C@H](N(C)C)[C@H]2O[Si](C)(C)C)[C@](C)(OC)C[C@@H](C)C(=O)/C(C)=C/[C@]1(C)OC(O)n1ccnc1. The quantitative estimate of drug-likeness (QED) is 0.151. The number of Topliss-reactive ketones (excluding diaryl/α,β-unsaturated/α-hetero) is 2. The van der Waals surface area contributed by atoms with Gasteiger partial charge in [0, 0.05) is 37.4 Å². The van der Waals surface area contributed by atoms with Crippen molar-refractivity contribution in [2.24, 2.45) is 17.8 Å². The summed E-state index contributed by atoms with van der Waals surface area (Å²) in [5.74, 6) is -4.06. The second-order valence-electron chi connectivity index (χ2n) is 16.0. The third kappa shape index (κ3) is 10.4. The number of esters is 1. The third-order valence-electron chi connectivity index (χ3n) is 10.2. The van der Waals surface area contributed by atoms with Gasteiger partial charge in [0.1, 0.15) is 23.7 Å². The number of hydrogen-bond acceptors (Lipinski definition) is 12. The molecule has 1 aromatic heterocycles. The predicted octanol–water partition coefficient (Wildman–Crippen LogP) is 4.90. The zero-order chi connectivity index (χ0) is 38.6. The van der Waals surface area contributed by atoms with Crippen LogP contribution in [-0.4, -0.2) is 115 Å². The molecule has 0 radical (unpaired) electrons. The molecule has 290 valence electrons. The van der Waals surface area contributed by atoms with Crippen molar-refractivity contribution >= 4 is 25.9 Å². The summed E-state index contributed by atoms with van der Waals surface area (Å²) in [6, 6.07) is -0.0271. The lowest BCUT2D eigenvalue weighted by Gasteiger charge is -2.49. The fourth-order valence-corrected chi connectivity index (χ4v) is 8.50. The number of ketones is 2. The Labute approximate surface area is 305 Å². The van der Waals surface area contributed by atoms with Gasteiger partial charge in [0.15, 0.2) is 26.2 Å². The molecule has 1 unspecified atom stereocenters. The van der Waals surface area contributed by atoms with Crippen molar-refractivity contribution in [2.75, 3.05) is 21.2 Å². The Hall–Kier alpha value is -2.30. The molecule has 0 aliphatic carbocycles. The number of imidazole rings is 1. The number of nitrogens with zero attached hydrogens (tertiary/aromatic N) is 3. The molecule has 14 heteroatoms. The maximum Gasteiger partial charge on any atom is 0.316 e. The first-order valence-electron chi connectivity index (χ1n) is 18.1. The Balaban J connectivity index is 2.14. The molecule has 3 heterocycles. The van der Waals surface area contributed by atoms with E-state index in [1.165, 1.54) is 37.3 Å². The fourth-order valence-electron chi connectivity index (χ4n) is 7.41. The first kappa shape index (κ1) is 43.1. The Morgan fingerprint density at radius 3 is 2.31 bits per heavy atom. The van der Waals surface area contributed by atoms with Gasteiger partial charge in [-0.05, 0) is 99.3 Å². The van der Waals surface area contributed by atoms with Gasteiger partial charge in [-0.3, -0.25) is 19.0 Å². The summed E-state index contributed by atoms with van der Waals surface area (Å²) in [7, 11) is 3.42. The monoisotopic (exact) mass is 737 g/mol. The smallest absolute Gasteiger partial charge is 0.316 e. The predicted molar refractivity (Wildman–Crippen MR) is 194 cm³/mol. The zero-order valence-corrected chi connectivity index (χ0v) is 34.2. The molecule has 1 saturated heterocycles. The van der Waals surface area contributed by atoms with Crippen molar-refractivity contribution in [1.82, 2.24) is 14.5 Å². The van der Waals surface area contributed by atoms with Gasteiger partial charge >= 0.3 is 5.97 Å². The second-order valence-corrected chi connectivity index (χ2v) is 20.5. The lowest BCUT2D eigenvalue weighted by Crippen LogP contribution is -2.61. The van der Waals surface area contributed by atoms with Crippen molar-refractivity contribution in [3.63, 3.8) is 0 Å². The van der Waals surface area contributed by atoms with Crippen LogP contribution >= 0.6 is 0 Å². The number of ether oxygens (including phenoxy) is 5. The number of cyclic esters (lactones) is 1. The second kappa shape index (κ2) is 17.2. The molecular weight excluding hydrogens is 675 g/mol. The number of hydrogen-bond donors (Lipinski definition) is 1. The number of carbonyl (C=O) groups is 3. The van der Waals surface area contributed by atoms with E-state index in [2.05, 4.69) is 29.5 Å². The Kier molecular flexibility index (Phi) is 14.6. The number of aliphatic hydroxyl groups excluding tert-OH is 1. The van der Waals surface area contributed by atoms with E-state index in [0.29, 0.717) is 5.57 Å². The van der Waals surface area contributed by atoms with Crippen LogP contribution in [0.1, 0.15) is 81.1 Å². The molecule has 0 spiro atoms. The number of rotatable bonds is 10. The average Bonchev–Trinajstić information content (AvgIpc) is 3.59. The van der Waals surface area contributed by atoms with Gasteiger partial charge in [0.05, 0.1) is 24.1 Å². The van der Waals surface area contributed by atoms with E-state index < -0.39 is 80.0 Å². The summed E-state index contributed by atoms with van der Waals surface area (Å²) in [5.41, 5.74) is -2.31. The van der Waals surface area contributed by atoms with Crippen molar-refractivity contribution in [2.45, 2.75) is 149 Å². The molecule has 12 atom stereocenters. The Morgan fingerprint density at radius 2 is 1.78 bits per heavy atom. The van der Waals surface area contributed by atoms with Crippen LogP contribution in [0.2, 0.25) is 19.6 Å². The van der Waals surface area contributed by atoms with Crippen LogP contribution in [0.4, 0.5) is 0 Å². The topological polar surface area (TPSA) is 148 Å². The number of aromatic nitrogens is 2. The van der Waals surface area contributed by atoms with Crippen LogP contribution in [0.3, 0.4) is 0 Å². The van der Waals surface area contributed by atoms with E-state index in [-0.39, 0.29) is 30.8 Å². The zero-order valence-electron chi connectivity index (χ0n) is 33.2. The average molecular weight is 738 g/mol. The molecule has 0 amide bonds. The Bertz CT molecular complexity index is 1370. The highest BCUT2D eigenvalue weighted by Crippen LogP contribution is 2.39. The molecule has 1 N–H and O–H groups in total. The maximum absolute atomic E-state index is 14.3. The van der Waals surface area contributed by atoms with Gasteiger partial charge in [0.2, 0.25) is 6.41 Å². The number of allylic oxidation sites excluding steroid dienone is 1. The summed E-state index contributed by atoms with van der Waals surface area (Å²) in [6.45, 7) is 20.3. The molecule has 51 heavy (non-hydrogen) atoms. The van der Waals surface area contributed by atoms with E-state index >= 15 is 0 Å². The molecule has 0 saturated carbocycles. The summed E-state index contributed by atoms with van der Waals surface area (Å²) >= 11 is 0. The van der Waals surface area contributed by atoms with Crippen LogP contribution in [-0.2, 0) is 42.5 Å². The molecule has 2 aliphatic heterocycles. The highest BCUT2D eigenvalue weighted by Gasteiger charge is 2.51. The number of likely N-dealkylation sites (N-methyl/N-ethyl adjacent to an activating group) is 1. The standard InChI is InChI=1S/C37H63N3O10Si/c1-15-28-36(7,49-35(44)40-17-16-38-21-40)19-22(2)29(41)23(3)20-37(8,45-11)32(25(5)30(42)26(6)33(43)47-28)48-34-31(50-51(12,13)14)27(39(9)10)18-24(4)46-34/h16-17,19,21,23-28,31-32,34-35,44H,15,18,20H2,1-14H3/b22-19+/t23-,24-,25+,26-,27+,28-,31-,32-,34+,35?,36+,37-/m1/s1. The van der Waals surface area contributed by atoms with E-state index in [1.807, 2.05) is 34.9 Å². The van der Waals surface area contributed by atoms with Gasteiger partial charge in [-0.15, -0.1) is 0 Å². The minimum absolute atomic E-state index is 0.0271. The van der Waals surface area contributed by atoms with Gasteiger partial charge in [-0.25, -0.2) is 4.98 Å². The van der Waals surface area contributed by atoms with E-state index in [4.69, 9.17) is 28.1 Å². The van der Waals surface area contributed by atoms with Crippen LogP contribution < -0.4 is 0 Å². The molecule has 1 fully saturated rings. The molecule has 0 aromatic carbocycles. The minimum atomic E-state index is -2.12. The van der Waals surface area contributed by atoms with Crippen LogP contribution in [0, 0.1) is 17.8 Å². The highest BCUT2D eigenvalue weighted by atomic mass is 28.4. The van der Waals surface area contributed by atoms with Gasteiger partial charge in [0.25, 0.3) is 0 Å². The van der Waals surface area contributed by atoms with Crippen LogP contribution in [0.5, 0.6) is 0 Å². The van der Waals surface area contributed by atoms with Gasteiger partial charge in [-0.1, -0.05) is 20.8 Å². The number of aliphatic hydroxyl groups is 1. The van der Waals surface area contributed by atoms with E-state index in [9.17, 15) is 19.5 Å². The summed E-state index contributed by atoms with van der Waals surface area (Å²) in [4.78, 5) is 48.4. The van der Waals surface area contributed by atoms with Crippen molar-refractivity contribution < 1.29 is 47.6 Å². The largest absolute Gasteiger partial charge is 0.458 e. The minimum Gasteiger partial charge on any atom is -0.458 e. The lowest BCUT2D eigenvalue weighted by atomic mass is 9.77. The summed E-state index contributed by atoms with van der Waals surface area (Å²) in [5, 5.41) is 11.0. The molecule has 3 rings (SSSR count). The van der Waals surface area contributed by atoms with E-state index in [0.717, 1.165) is 6.42 Å². The molecular formula is C37H63N3O10Si. The molecule has 13 nitrogen and oxygen atoms in total. The highest BCUT2D eigenvalue weighted by molar-refractivity contribution is 6.69. The third-order valence-corrected chi connectivity index (χ3v) is 11.2. The van der Waals surface area contributed by atoms with Crippen LogP contribution in [0.25, 0.3) is 0 Å². The molecule has 0 bridgehead atoms. The lowest BCUT2D eigenvalue weighted by molar-refractivity contribution is -0.292. The summed E-state index contributed by atoms with van der Waals surface area (Å²) in [6.07, 6.45) is 2.26. The first-order valence-corrected chi connectivity index (χ1v) is 21.5. The van der Waals surface area contributed by atoms with Crippen molar-refractivity contribution in [3.8, 4) is 0 Å². The van der Waals surface area contributed by atoms with Crippen molar-refractivity contribution in [3.05, 3.63) is 30.4 Å².